The normalized spacial score (nSPS) is 11.2. The van der Waals surface area contributed by atoms with E-state index in [4.69, 9.17) is 39.0 Å². The second-order valence-corrected chi connectivity index (χ2v) is 3.83. The van der Waals surface area contributed by atoms with Gasteiger partial charge in [-0.15, -0.1) is 0 Å². The number of nitrogens with zero attached hydrogens (tertiary/aromatic N) is 3. The molecule has 0 saturated heterocycles. The Morgan fingerprint density at radius 1 is 0.938 bits per heavy atom. The van der Waals surface area contributed by atoms with Gasteiger partial charge in [-0.1, -0.05) is 29.3 Å². The topological polar surface area (TPSA) is 71.4 Å². The third-order valence-corrected chi connectivity index (χ3v) is 2.79. The monoisotopic (exact) mass is 249 g/mol. The van der Waals surface area contributed by atoms with Crippen molar-refractivity contribution in [1.29, 1.82) is 15.8 Å². The van der Waals surface area contributed by atoms with E-state index in [0.717, 1.165) is 0 Å². The van der Waals surface area contributed by atoms with E-state index in [-0.39, 0.29) is 0 Å². The lowest BCUT2D eigenvalue weighted by molar-refractivity contribution is 0.745. The highest BCUT2D eigenvalue weighted by Crippen LogP contribution is 2.29. The summed E-state index contributed by atoms with van der Waals surface area (Å²) in [4.78, 5) is 0. The van der Waals surface area contributed by atoms with Gasteiger partial charge < -0.3 is 0 Å². The van der Waals surface area contributed by atoms with Gasteiger partial charge in [-0.3, -0.25) is 0 Å². The molecule has 78 valence electrons. The van der Waals surface area contributed by atoms with E-state index in [9.17, 15) is 0 Å². The summed E-state index contributed by atoms with van der Waals surface area (Å²) in [5.41, 5.74) is 0.519. The molecule has 3 nitrogen and oxygen atoms in total. The van der Waals surface area contributed by atoms with Crippen molar-refractivity contribution in [2.75, 3.05) is 0 Å². The predicted molar refractivity (Wildman–Crippen MR) is 59.5 cm³/mol. The van der Waals surface area contributed by atoms with E-state index < -0.39 is 11.8 Å². The highest BCUT2D eigenvalue weighted by molar-refractivity contribution is 6.42. The van der Waals surface area contributed by atoms with Crippen molar-refractivity contribution in [2.24, 2.45) is 5.92 Å². The summed E-state index contributed by atoms with van der Waals surface area (Å²) < 4.78 is 0. The second-order valence-electron chi connectivity index (χ2n) is 3.02. The minimum atomic E-state index is -1.01. The average Bonchev–Trinajstić information content (AvgIpc) is 2.29. The molecule has 0 amide bonds. The van der Waals surface area contributed by atoms with Crippen LogP contribution in [0.1, 0.15) is 11.5 Å². The lowest BCUT2D eigenvalue weighted by Gasteiger charge is -2.09. The van der Waals surface area contributed by atoms with E-state index in [1.54, 1.807) is 18.2 Å². The lowest BCUT2D eigenvalue weighted by atomic mass is 9.89. The molecular formula is C11H5Cl2N3. The number of hydrogen-bond donors (Lipinski definition) is 0. The smallest absolute Gasteiger partial charge is 0.153 e. The summed E-state index contributed by atoms with van der Waals surface area (Å²) in [5.74, 6) is -1.83. The van der Waals surface area contributed by atoms with Crippen molar-refractivity contribution in [1.82, 2.24) is 0 Å². The van der Waals surface area contributed by atoms with Gasteiger partial charge in [0, 0.05) is 0 Å². The van der Waals surface area contributed by atoms with Crippen LogP contribution in [-0.4, -0.2) is 0 Å². The first kappa shape index (κ1) is 12.3. The standard InChI is InChI=1S/C11H5Cl2N3/c12-10-2-1-7(3-11(10)13)9(6-16)8(4-14)5-15/h1-3,8-9H/t9-/m1/s1. The maximum Gasteiger partial charge on any atom is 0.153 e. The Kier molecular flexibility index (Phi) is 4.15. The van der Waals surface area contributed by atoms with Crippen LogP contribution in [0.5, 0.6) is 0 Å². The summed E-state index contributed by atoms with van der Waals surface area (Å²) in [6.45, 7) is 0. The molecular weight excluding hydrogens is 245 g/mol. The van der Waals surface area contributed by atoms with Crippen molar-refractivity contribution in [3.05, 3.63) is 33.8 Å². The molecule has 0 saturated carbocycles. The first-order valence-corrected chi connectivity index (χ1v) is 5.03. The molecule has 5 heteroatoms. The van der Waals surface area contributed by atoms with Crippen LogP contribution in [0.2, 0.25) is 10.0 Å². The third-order valence-electron chi connectivity index (χ3n) is 2.05. The molecule has 16 heavy (non-hydrogen) atoms. The SMILES string of the molecule is N#CC(C#N)[C@H](C#N)c1ccc(Cl)c(Cl)c1. The minimum Gasteiger partial charge on any atom is -0.198 e. The Balaban J connectivity index is 3.17. The summed E-state index contributed by atoms with van der Waals surface area (Å²) in [6.07, 6.45) is 0. The Morgan fingerprint density at radius 3 is 2.00 bits per heavy atom. The van der Waals surface area contributed by atoms with Crippen LogP contribution in [0.25, 0.3) is 0 Å². The first-order valence-electron chi connectivity index (χ1n) is 4.27. The van der Waals surface area contributed by atoms with Crippen LogP contribution in [0, 0.1) is 39.9 Å². The summed E-state index contributed by atoms with van der Waals surface area (Å²) >= 11 is 11.5. The summed E-state index contributed by atoms with van der Waals surface area (Å²) in [7, 11) is 0. The van der Waals surface area contributed by atoms with Crippen molar-refractivity contribution in [3.63, 3.8) is 0 Å². The highest BCUT2D eigenvalue weighted by Gasteiger charge is 2.23. The van der Waals surface area contributed by atoms with Crippen LogP contribution in [-0.2, 0) is 0 Å². The fraction of sp³-hybridized carbons (Fsp3) is 0.182. The van der Waals surface area contributed by atoms with E-state index in [1.165, 1.54) is 12.1 Å². The number of benzene rings is 1. The van der Waals surface area contributed by atoms with Crippen molar-refractivity contribution < 1.29 is 0 Å². The first-order chi connectivity index (χ1) is 7.63. The van der Waals surface area contributed by atoms with Crippen LogP contribution in [0.4, 0.5) is 0 Å². The largest absolute Gasteiger partial charge is 0.198 e. The number of nitriles is 3. The van der Waals surface area contributed by atoms with Gasteiger partial charge in [-0.2, -0.15) is 15.8 Å². The Labute approximate surface area is 103 Å². The van der Waals surface area contributed by atoms with Crippen molar-refractivity contribution in [2.45, 2.75) is 5.92 Å². The fourth-order valence-corrected chi connectivity index (χ4v) is 1.53. The molecule has 0 aliphatic carbocycles. The van der Waals surface area contributed by atoms with Gasteiger partial charge >= 0.3 is 0 Å². The van der Waals surface area contributed by atoms with E-state index in [1.807, 2.05) is 6.07 Å². The summed E-state index contributed by atoms with van der Waals surface area (Å²) in [5, 5.41) is 27.1. The molecule has 1 aromatic rings. The van der Waals surface area contributed by atoms with E-state index in [0.29, 0.717) is 15.6 Å². The highest BCUT2D eigenvalue weighted by atomic mass is 35.5. The van der Waals surface area contributed by atoms with Gasteiger partial charge in [0.05, 0.1) is 28.3 Å². The molecule has 1 aromatic carbocycles. The predicted octanol–water partition coefficient (Wildman–Crippen LogP) is 3.26. The van der Waals surface area contributed by atoms with Crippen LogP contribution in [0.15, 0.2) is 18.2 Å². The molecule has 0 bridgehead atoms. The maximum absolute atomic E-state index is 8.94. The zero-order valence-corrected chi connectivity index (χ0v) is 9.50. The molecule has 0 aromatic heterocycles. The van der Waals surface area contributed by atoms with Gasteiger partial charge in [0.2, 0.25) is 0 Å². The number of hydrogen-bond acceptors (Lipinski definition) is 3. The Morgan fingerprint density at radius 2 is 1.56 bits per heavy atom. The van der Waals surface area contributed by atoms with Gasteiger partial charge in [-0.05, 0) is 17.7 Å². The number of halogens is 2. The second kappa shape index (κ2) is 5.38. The average molecular weight is 250 g/mol. The molecule has 0 aliphatic rings. The van der Waals surface area contributed by atoms with Gasteiger partial charge in [0.15, 0.2) is 5.92 Å². The van der Waals surface area contributed by atoms with E-state index in [2.05, 4.69) is 0 Å². The molecule has 0 N–H and O–H groups in total. The third kappa shape index (κ3) is 2.44. The van der Waals surface area contributed by atoms with Crippen LogP contribution >= 0.6 is 23.2 Å². The molecule has 0 aliphatic heterocycles. The molecule has 0 radical (unpaired) electrons. The fourth-order valence-electron chi connectivity index (χ4n) is 1.23. The minimum absolute atomic E-state index is 0.300. The molecule has 0 unspecified atom stereocenters. The van der Waals surface area contributed by atoms with Gasteiger partial charge in [-0.25, -0.2) is 0 Å². The zero-order chi connectivity index (χ0) is 12.1. The van der Waals surface area contributed by atoms with Gasteiger partial charge in [0.1, 0.15) is 5.92 Å². The molecule has 0 heterocycles. The van der Waals surface area contributed by atoms with Crippen molar-refractivity contribution in [3.8, 4) is 18.2 Å². The zero-order valence-electron chi connectivity index (χ0n) is 7.98. The van der Waals surface area contributed by atoms with Crippen LogP contribution < -0.4 is 0 Å². The molecule has 0 spiro atoms. The molecule has 0 fully saturated rings. The van der Waals surface area contributed by atoms with E-state index >= 15 is 0 Å². The number of rotatable bonds is 2. The molecule has 1 rings (SSSR count). The lowest BCUT2D eigenvalue weighted by Crippen LogP contribution is -2.07. The Bertz CT molecular complexity index is 506. The summed E-state index contributed by atoms with van der Waals surface area (Å²) in [6, 6.07) is 10.1. The quantitative estimate of drug-likeness (QED) is 0.808. The van der Waals surface area contributed by atoms with Gasteiger partial charge in [0.25, 0.3) is 0 Å². The van der Waals surface area contributed by atoms with Crippen LogP contribution in [0.3, 0.4) is 0 Å². The van der Waals surface area contributed by atoms with Crippen molar-refractivity contribution >= 4 is 23.2 Å². The molecule has 1 atom stereocenters. The Hall–Kier alpha value is -1.73. The maximum atomic E-state index is 8.94.